The number of aliphatic hydroxyl groups is 2. The van der Waals surface area contributed by atoms with E-state index >= 15 is 0 Å². The van der Waals surface area contributed by atoms with Gasteiger partial charge in [0, 0.05) is 6.42 Å². The summed E-state index contributed by atoms with van der Waals surface area (Å²) < 4.78 is 28.2. The third-order valence-corrected chi connectivity index (χ3v) is 7.45. The lowest BCUT2D eigenvalue weighted by Gasteiger charge is -2.29. The molecule has 1 saturated heterocycles. The van der Waals surface area contributed by atoms with Crippen LogP contribution in [-0.2, 0) is 29.2 Å². The molecule has 2 N–H and O–H groups in total. The summed E-state index contributed by atoms with van der Waals surface area (Å²) in [7, 11) is 3.04. The van der Waals surface area contributed by atoms with Crippen molar-refractivity contribution < 1.29 is 38.7 Å². The van der Waals surface area contributed by atoms with Gasteiger partial charge in [0.25, 0.3) is 0 Å². The van der Waals surface area contributed by atoms with Gasteiger partial charge in [-0.15, -0.1) is 0 Å². The van der Waals surface area contributed by atoms with Crippen molar-refractivity contribution in [1.82, 2.24) is 0 Å². The molecule has 0 spiro atoms. The van der Waals surface area contributed by atoms with Crippen LogP contribution in [-0.4, -0.2) is 42.6 Å². The van der Waals surface area contributed by atoms with Gasteiger partial charge in [0.15, 0.2) is 28.6 Å². The normalized spacial score (nSPS) is 18.7. The van der Waals surface area contributed by atoms with E-state index in [-0.39, 0.29) is 13.0 Å². The van der Waals surface area contributed by atoms with Gasteiger partial charge >= 0.3 is 5.97 Å². The molecule has 0 aliphatic carbocycles. The Balaban J connectivity index is 1.31. The van der Waals surface area contributed by atoms with E-state index in [9.17, 15) is 15.0 Å². The smallest absolute Gasteiger partial charge is 0.339 e. The Morgan fingerprint density at radius 1 is 0.762 bits per heavy atom. The predicted molar refractivity (Wildman–Crippen MR) is 156 cm³/mol. The molecule has 0 saturated carbocycles. The van der Waals surface area contributed by atoms with Crippen molar-refractivity contribution in [3.05, 3.63) is 119 Å². The fourth-order valence-corrected chi connectivity index (χ4v) is 5.08. The summed E-state index contributed by atoms with van der Waals surface area (Å²) in [5.41, 5.74) is 1.13. The highest BCUT2D eigenvalue weighted by Crippen LogP contribution is 2.42. The number of benzene rings is 4. The molecule has 4 aromatic rings. The van der Waals surface area contributed by atoms with E-state index in [2.05, 4.69) is 0 Å². The number of rotatable bonds is 12. The van der Waals surface area contributed by atoms with Gasteiger partial charge in [-0.3, -0.25) is 0 Å². The van der Waals surface area contributed by atoms with Crippen molar-refractivity contribution >= 4 is 5.97 Å². The third-order valence-electron chi connectivity index (χ3n) is 7.45. The first-order chi connectivity index (χ1) is 20.4. The molecule has 0 amide bonds. The summed E-state index contributed by atoms with van der Waals surface area (Å²) in [4.78, 5) is 12.8. The van der Waals surface area contributed by atoms with Gasteiger partial charge in [-0.1, -0.05) is 72.8 Å². The van der Waals surface area contributed by atoms with E-state index in [1.807, 2.05) is 60.7 Å². The number of aliphatic hydroxyl groups excluding tert-OH is 1. The maximum atomic E-state index is 12.8. The Morgan fingerprint density at radius 3 is 1.88 bits per heavy atom. The summed E-state index contributed by atoms with van der Waals surface area (Å²) in [6.45, 7) is 0.574. The van der Waals surface area contributed by atoms with Crippen LogP contribution in [0.1, 0.15) is 28.4 Å². The summed E-state index contributed by atoms with van der Waals surface area (Å²) in [5, 5.41) is 23.0. The highest BCUT2D eigenvalue weighted by Gasteiger charge is 2.54. The zero-order valence-corrected chi connectivity index (χ0v) is 23.6. The van der Waals surface area contributed by atoms with Crippen LogP contribution in [0.3, 0.4) is 0 Å². The van der Waals surface area contributed by atoms with E-state index < -0.39 is 23.6 Å². The van der Waals surface area contributed by atoms with Crippen LogP contribution in [0.2, 0.25) is 0 Å². The van der Waals surface area contributed by atoms with Crippen LogP contribution >= 0.6 is 0 Å². The van der Waals surface area contributed by atoms with Crippen LogP contribution in [0.5, 0.6) is 23.0 Å². The van der Waals surface area contributed by atoms with Gasteiger partial charge in [-0.05, 0) is 46.5 Å². The Labute approximate surface area is 245 Å². The Morgan fingerprint density at radius 2 is 1.31 bits per heavy atom. The second kappa shape index (κ2) is 13.0. The topological polar surface area (TPSA) is 104 Å². The van der Waals surface area contributed by atoms with E-state index in [4.69, 9.17) is 23.7 Å². The number of carbonyl (C=O) groups excluding carboxylic acids is 1. The van der Waals surface area contributed by atoms with Crippen molar-refractivity contribution in [2.75, 3.05) is 20.8 Å². The molecule has 218 valence electrons. The first-order valence-corrected chi connectivity index (χ1v) is 13.7. The lowest BCUT2D eigenvalue weighted by atomic mass is 9.79. The molecule has 1 aliphatic heterocycles. The zero-order valence-electron chi connectivity index (χ0n) is 23.6. The number of esters is 1. The zero-order chi connectivity index (χ0) is 29.5. The van der Waals surface area contributed by atoms with E-state index in [1.54, 1.807) is 36.4 Å². The number of hydrogen-bond donors (Lipinski definition) is 2. The summed E-state index contributed by atoms with van der Waals surface area (Å²) in [6.07, 6.45) is -1.30. The van der Waals surface area contributed by atoms with Gasteiger partial charge in [-0.2, -0.15) is 0 Å². The summed E-state index contributed by atoms with van der Waals surface area (Å²) in [5.74, 6) is 0.214. The molecule has 1 fully saturated rings. The fourth-order valence-electron chi connectivity index (χ4n) is 5.08. The first kappa shape index (κ1) is 29.0. The van der Waals surface area contributed by atoms with E-state index in [0.29, 0.717) is 47.3 Å². The Hall–Kier alpha value is -4.53. The fraction of sp³-hybridized carbons (Fsp3) is 0.265. The third kappa shape index (κ3) is 6.35. The van der Waals surface area contributed by atoms with Crippen LogP contribution in [0.15, 0.2) is 97.1 Å². The number of carbonyl (C=O) groups is 1. The molecule has 0 radical (unpaired) electrons. The summed E-state index contributed by atoms with van der Waals surface area (Å²) >= 11 is 0. The molecule has 1 unspecified atom stereocenters. The quantitative estimate of drug-likeness (QED) is 0.228. The molecule has 8 nitrogen and oxygen atoms in total. The van der Waals surface area contributed by atoms with E-state index in [1.165, 1.54) is 14.2 Å². The average molecular weight is 571 g/mol. The molecular formula is C34H34O8. The molecule has 8 heteroatoms. The van der Waals surface area contributed by atoms with Crippen LogP contribution in [0.4, 0.5) is 0 Å². The van der Waals surface area contributed by atoms with Crippen LogP contribution < -0.4 is 18.9 Å². The largest absolute Gasteiger partial charge is 0.493 e. The number of methoxy groups -OCH3 is 2. The minimum atomic E-state index is -1.97. The molecule has 4 aromatic carbocycles. The molecule has 3 atom stereocenters. The van der Waals surface area contributed by atoms with Gasteiger partial charge in [0.2, 0.25) is 0 Å². The molecule has 1 aliphatic rings. The minimum absolute atomic E-state index is 0.0850. The van der Waals surface area contributed by atoms with E-state index in [0.717, 1.165) is 11.1 Å². The molecular weight excluding hydrogens is 536 g/mol. The van der Waals surface area contributed by atoms with Crippen LogP contribution in [0, 0.1) is 5.92 Å². The standard InChI is InChI=1S/C34H34O8/c1-38-30-17-25(13-15-28(30)40-20-23-9-5-3-6-10-23)19-34(37)27(22-42-33(34)36)32(35)26-14-16-29(31(18-26)39-2)41-21-24-11-7-4-8-12-24/h3-18,27,32,35,37H,19-22H2,1-2H3/t27-,32?,34+/m1/s1. The second-order valence-corrected chi connectivity index (χ2v) is 10.2. The minimum Gasteiger partial charge on any atom is -0.493 e. The van der Waals surface area contributed by atoms with Crippen LogP contribution in [0.25, 0.3) is 0 Å². The van der Waals surface area contributed by atoms with Gasteiger partial charge in [0.1, 0.15) is 19.8 Å². The van der Waals surface area contributed by atoms with Gasteiger partial charge in [-0.25, -0.2) is 4.79 Å². The highest BCUT2D eigenvalue weighted by molar-refractivity contribution is 5.82. The molecule has 1 heterocycles. The molecule has 0 bridgehead atoms. The van der Waals surface area contributed by atoms with Crippen molar-refractivity contribution in [2.24, 2.45) is 5.92 Å². The summed E-state index contributed by atoms with van der Waals surface area (Å²) in [6, 6.07) is 29.8. The maximum Gasteiger partial charge on any atom is 0.339 e. The molecule has 42 heavy (non-hydrogen) atoms. The molecule has 5 rings (SSSR count). The lowest BCUT2D eigenvalue weighted by molar-refractivity contribution is -0.155. The lowest BCUT2D eigenvalue weighted by Crippen LogP contribution is -2.45. The van der Waals surface area contributed by atoms with Gasteiger partial charge in [0.05, 0.1) is 26.2 Å². The average Bonchev–Trinajstić information content (AvgIpc) is 3.32. The monoisotopic (exact) mass is 570 g/mol. The highest BCUT2D eigenvalue weighted by atomic mass is 16.6. The maximum absolute atomic E-state index is 12.8. The number of ether oxygens (including phenoxy) is 5. The Bertz CT molecular complexity index is 1490. The molecule has 0 aromatic heterocycles. The predicted octanol–water partition coefficient (Wildman–Crippen LogP) is 5.04. The Kier molecular flexibility index (Phi) is 8.95. The van der Waals surface area contributed by atoms with Gasteiger partial charge < -0.3 is 33.9 Å². The van der Waals surface area contributed by atoms with Crippen molar-refractivity contribution in [2.45, 2.75) is 31.3 Å². The van der Waals surface area contributed by atoms with Crippen molar-refractivity contribution in [3.8, 4) is 23.0 Å². The number of hydrogen-bond acceptors (Lipinski definition) is 8. The number of cyclic esters (lactones) is 1. The SMILES string of the molecule is COc1cc(C[C@@]2(O)C(=O)OC[C@@H]2C(O)c2ccc(OCc3ccccc3)c(OC)c2)ccc1OCc1ccccc1. The second-order valence-electron chi connectivity index (χ2n) is 10.2. The van der Waals surface area contributed by atoms with Crippen molar-refractivity contribution in [1.29, 1.82) is 0 Å². The first-order valence-electron chi connectivity index (χ1n) is 13.7. The van der Waals surface area contributed by atoms with Crippen molar-refractivity contribution in [3.63, 3.8) is 0 Å².